The maximum atomic E-state index is 14.1. The molecule has 208 valence electrons. The lowest BCUT2D eigenvalue weighted by atomic mass is 9.79. The van der Waals surface area contributed by atoms with Crippen molar-refractivity contribution in [3.05, 3.63) is 64.6 Å². The monoisotopic (exact) mass is 594 g/mol. The molecule has 2 aromatic rings. The first-order valence-corrected chi connectivity index (χ1v) is 15.1. The van der Waals surface area contributed by atoms with Gasteiger partial charge in [0.2, 0.25) is 0 Å². The predicted octanol–water partition coefficient (Wildman–Crippen LogP) is 5.69. The summed E-state index contributed by atoms with van der Waals surface area (Å²) in [6.45, 7) is 1.82. The number of nitrogens with one attached hydrogen (secondary N) is 2. The number of halogens is 1. The van der Waals surface area contributed by atoms with Crippen LogP contribution < -0.4 is 10.1 Å². The molecule has 0 aromatic heterocycles. The van der Waals surface area contributed by atoms with Gasteiger partial charge in [0, 0.05) is 24.1 Å². The van der Waals surface area contributed by atoms with Crippen LogP contribution in [0.25, 0.3) is 0 Å². The Morgan fingerprint density at radius 2 is 1.74 bits per heavy atom. The highest BCUT2D eigenvalue weighted by atomic mass is 79.9. The Balaban J connectivity index is 1.21. The molecule has 2 aliphatic heterocycles. The number of carbonyl (C=O) groups is 2. The summed E-state index contributed by atoms with van der Waals surface area (Å²) in [7, 11) is 0. The maximum absolute atomic E-state index is 14.1. The summed E-state index contributed by atoms with van der Waals surface area (Å²) in [5.74, 6) is 1.74. The number of hydrogen-bond donors (Lipinski definition) is 2. The van der Waals surface area contributed by atoms with Crippen molar-refractivity contribution in [3.8, 4) is 5.75 Å². The number of carbonyl (C=O) groups excluding carboxylic acids is 2. The first kappa shape index (κ1) is 27.7. The Morgan fingerprint density at radius 1 is 1.00 bits per heavy atom. The van der Waals surface area contributed by atoms with Gasteiger partial charge in [-0.2, -0.15) is 0 Å². The number of guanidine groups is 1. The molecule has 1 unspecified atom stereocenters. The van der Waals surface area contributed by atoms with Gasteiger partial charge in [-0.25, -0.2) is 0 Å². The van der Waals surface area contributed by atoms with E-state index in [-0.39, 0.29) is 30.3 Å². The van der Waals surface area contributed by atoms with Gasteiger partial charge in [-0.05, 0) is 67.3 Å². The van der Waals surface area contributed by atoms with E-state index in [1.807, 2.05) is 59.5 Å². The normalized spacial score (nSPS) is 22.7. The van der Waals surface area contributed by atoms with Crippen LogP contribution in [-0.4, -0.2) is 53.8 Å². The molecular weight excluding hydrogens is 556 g/mol. The molecule has 2 heterocycles. The van der Waals surface area contributed by atoms with Crippen molar-refractivity contribution in [2.24, 2.45) is 11.8 Å². The average molecular weight is 596 g/mol. The van der Waals surface area contributed by atoms with E-state index in [9.17, 15) is 9.59 Å². The van der Waals surface area contributed by atoms with Gasteiger partial charge in [-0.3, -0.25) is 19.9 Å². The van der Waals surface area contributed by atoms with Crippen LogP contribution in [0.2, 0.25) is 0 Å². The molecule has 0 spiro atoms. The summed E-state index contributed by atoms with van der Waals surface area (Å²) in [6, 6.07) is 17.4. The second-order valence-electron chi connectivity index (χ2n) is 11.3. The molecule has 1 aliphatic carbocycles. The van der Waals surface area contributed by atoms with Crippen molar-refractivity contribution < 1.29 is 14.3 Å². The number of likely N-dealkylation sites (tertiary alicyclic amines) is 1. The fourth-order valence-corrected chi connectivity index (χ4v) is 6.76. The van der Waals surface area contributed by atoms with E-state index in [0.717, 1.165) is 29.3 Å². The summed E-state index contributed by atoms with van der Waals surface area (Å²) in [4.78, 5) is 30.3. The zero-order valence-electron chi connectivity index (χ0n) is 22.5. The Hall–Kier alpha value is -2.87. The zero-order chi connectivity index (χ0) is 27.2. The van der Waals surface area contributed by atoms with E-state index in [0.29, 0.717) is 37.7 Å². The molecule has 0 bridgehead atoms. The Kier molecular flexibility index (Phi) is 8.90. The van der Waals surface area contributed by atoms with E-state index in [1.165, 1.54) is 32.1 Å². The largest absolute Gasteiger partial charge is 0.484 e. The van der Waals surface area contributed by atoms with E-state index in [4.69, 9.17) is 10.1 Å². The van der Waals surface area contributed by atoms with Crippen molar-refractivity contribution in [3.63, 3.8) is 0 Å². The summed E-state index contributed by atoms with van der Waals surface area (Å²) in [5, 5.41) is 12.1. The van der Waals surface area contributed by atoms with Crippen molar-refractivity contribution in [2.45, 2.75) is 63.3 Å². The van der Waals surface area contributed by atoms with Crippen LogP contribution >= 0.6 is 15.9 Å². The maximum Gasteiger partial charge on any atom is 0.260 e. The minimum Gasteiger partial charge on any atom is -0.484 e. The summed E-state index contributed by atoms with van der Waals surface area (Å²) in [5.41, 5.74) is 0.0211. The molecular formula is C31H39BrN4O3. The lowest BCUT2D eigenvalue weighted by Crippen LogP contribution is -2.46. The molecule has 2 aromatic carbocycles. The number of hydrogen-bond acceptors (Lipinski definition) is 4. The van der Waals surface area contributed by atoms with Crippen LogP contribution in [0, 0.1) is 17.2 Å². The molecule has 8 heteroatoms. The van der Waals surface area contributed by atoms with Gasteiger partial charge in [0.15, 0.2) is 12.6 Å². The Morgan fingerprint density at radius 3 is 2.46 bits per heavy atom. The Bertz CT molecular complexity index is 1160. The van der Waals surface area contributed by atoms with Gasteiger partial charge in [0.05, 0.1) is 0 Å². The van der Waals surface area contributed by atoms with E-state index >= 15 is 0 Å². The minimum absolute atomic E-state index is 0.0136. The molecule has 1 atom stereocenters. The van der Waals surface area contributed by atoms with Crippen LogP contribution in [-0.2, 0) is 15.1 Å². The molecule has 0 radical (unpaired) electrons. The van der Waals surface area contributed by atoms with Crippen LogP contribution in [0.15, 0.2) is 59.1 Å². The molecule has 2 N–H and O–H groups in total. The highest BCUT2D eigenvalue weighted by molar-refractivity contribution is 9.10. The first-order chi connectivity index (χ1) is 18.9. The second-order valence-corrected chi connectivity index (χ2v) is 12.2. The van der Waals surface area contributed by atoms with Crippen molar-refractivity contribution in [1.29, 1.82) is 5.41 Å². The number of nitrogens with zero attached hydrogens (tertiary/aromatic N) is 2. The fourth-order valence-electron chi connectivity index (χ4n) is 6.37. The molecule has 2 amide bonds. The molecule has 39 heavy (non-hydrogen) atoms. The van der Waals surface area contributed by atoms with Crippen LogP contribution in [0.1, 0.15) is 63.4 Å². The SMILES string of the molecule is N=C1NC(CCC2CCCCC2)(c2cccc(Br)c2)C(=O)N1CC1CCN(C(=O)COc2ccccc2)CC1. The smallest absolute Gasteiger partial charge is 0.260 e. The number of rotatable bonds is 9. The molecule has 3 fully saturated rings. The van der Waals surface area contributed by atoms with Crippen LogP contribution in [0.3, 0.4) is 0 Å². The number of ether oxygens (including phenoxy) is 1. The number of piperidine rings is 1. The van der Waals surface area contributed by atoms with Crippen LogP contribution in [0.4, 0.5) is 0 Å². The summed E-state index contributed by atoms with van der Waals surface area (Å²) in [6.07, 6.45) is 9.62. The first-order valence-electron chi connectivity index (χ1n) is 14.3. The minimum atomic E-state index is -0.899. The highest BCUT2D eigenvalue weighted by Gasteiger charge is 2.51. The third kappa shape index (κ3) is 6.48. The topological polar surface area (TPSA) is 85.7 Å². The van der Waals surface area contributed by atoms with Gasteiger partial charge in [0.1, 0.15) is 11.3 Å². The molecule has 7 nitrogen and oxygen atoms in total. The van der Waals surface area contributed by atoms with E-state index in [2.05, 4.69) is 21.2 Å². The predicted molar refractivity (Wildman–Crippen MR) is 155 cm³/mol. The van der Waals surface area contributed by atoms with Crippen molar-refractivity contribution in [2.75, 3.05) is 26.2 Å². The van der Waals surface area contributed by atoms with Gasteiger partial charge in [-0.1, -0.05) is 78.4 Å². The van der Waals surface area contributed by atoms with E-state index < -0.39 is 5.54 Å². The zero-order valence-corrected chi connectivity index (χ0v) is 24.1. The van der Waals surface area contributed by atoms with Gasteiger partial charge >= 0.3 is 0 Å². The number of para-hydroxylation sites is 1. The number of benzene rings is 2. The van der Waals surface area contributed by atoms with Gasteiger partial charge < -0.3 is 15.0 Å². The van der Waals surface area contributed by atoms with Crippen molar-refractivity contribution >= 4 is 33.7 Å². The second kappa shape index (κ2) is 12.5. The molecule has 1 saturated carbocycles. The lowest BCUT2D eigenvalue weighted by Gasteiger charge is -2.34. The van der Waals surface area contributed by atoms with E-state index in [1.54, 1.807) is 4.90 Å². The Labute approximate surface area is 239 Å². The standard InChI is InChI=1S/C31H39BrN4O3/c32-26-11-7-10-25(20-26)31(17-14-23-8-3-1-4-9-23)29(38)36(30(33)34-31)21-24-15-18-35(19-16-24)28(37)22-39-27-12-5-2-6-13-27/h2,5-7,10-13,20,23-24H,1,3-4,8-9,14-19,21-22H2,(H2,33,34). The molecule has 5 rings (SSSR count). The van der Waals surface area contributed by atoms with Crippen molar-refractivity contribution in [1.82, 2.24) is 15.1 Å². The highest BCUT2D eigenvalue weighted by Crippen LogP contribution is 2.39. The summed E-state index contributed by atoms with van der Waals surface area (Å²) < 4.78 is 6.57. The third-order valence-electron chi connectivity index (χ3n) is 8.70. The number of amides is 2. The van der Waals surface area contributed by atoms with Crippen LogP contribution in [0.5, 0.6) is 5.75 Å². The van der Waals surface area contributed by atoms with Gasteiger partial charge in [0.25, 0.3) is 11.8 Å². The average Bonchev–Trinajstić information content (AvgIpc) is 3.21. The molecule has 2 saturated heterocycles. The summed E-state index contributed by atoms with van der Waals surface area (Å²) >= 11 is 3.58. The third-order valence-corrected chi connectivity index (χ3v) is 9.19. The molecule has 3 aliphatic rings. The van der Waals surface area contributed by atoms with Gasteiger partial charge in [-0.15, -0.1) is 0 Å². The lowest BCUT2D eigenvalue weighted by molar-refractivity contribution is -0.136. The fraction of sp³-hybridized carbons (Fsp3) is 0.516. The quantitative estimate of drug-likeness (QED) is 0.390.